The van der Waals surface area contributed by atoms with Crippen molar-refractivity contribution in [1.82, 2.24) is 0 Å². The molecule has 0 spiro atoms. The van der Waals surface area contributed by atoms with Crippen molar-refractivity contribution in [2.45, 2.75) is 6.92 Å². The molecular formula is C15H10ClF2N2O2-. The molecule has 0 heterocycles. The molecule has 0 fully saturated rings. The third-order valence-corrected chi connectivity index (χ3v) is 3.20. The first kappa shape index (κ1) is 15.9. The number of halogens is 3. The van der Waals surface area contributed by atoms with E-state index >= 15 is 0 Å². The lowest BCUT2D eigenvalue weighted by molar-refractivity contribution is -0.255. The van der Waals surface area contributed by atoms with Gasteiger partial charge in [-0.25, -0.2) is 8.78 Å². The number of carbonyl (C=O) groups is 1. The Hall–Kier alpha value is -2.47. The molecule has 0 atom stereocenters. The van der Waals surface area contributed by atoms with Crippen LogP contribution >= 0.6 is 11.6 Å². The van der Waals surface area contributed by atoms with Crippen LogP contribution in [0.2, 0.25) is 5.02 Å². The molecule has 2 rings (SSSR count). The number of hydrogen-bond acceptors (Lipinski definition) is 4. The summed E-state index contributed by atoms with van der Waals surface area (Å²) in [7, 11) is 0. The molecule has 22 heavy (non-hydrogen) atoms. The van der Waals surface area contributed by atoms with E-state index in [0.29, 0.717) is 0 Å². The summed E-state index contributed by atoms with van der Waals surface area (Å²) in [5.74, 6) is -2.88. The molecule has 0 aliphatic carbocycles. The fraction of sp³-hybridized carbons (Fsp3) is 0.0667. The van der Waals surface area contributed by atoms with Gasteiger partial charge in [-0.3, -0.25) is 5.43 Å². The number of benzene rings is 2. The van der Waals surface area contributed by atoms with Crippen LogP contribution in [0.3, 0.4) is 0 Å². The smallest absolute Gasteiger partial charge is 0.135 e. The van der Waals surface area contributed by atoms with E-state index in [1.54, 1.807) is 0 Å². The maximum Gasteiger partial charge on any atom is 0.135 e. The summed E-state index contributed by atoms with van der Waals surface area (Å²) in [6.45, 7) is 1.41. The van der Waals surface area contributed by atoms with Gasteiger partial charge < -0.3 is 9.90 Å². The summed E-state index contributed by atoms with van der Waals surface area (Å²) in [6.07, 6.45) is 0. The van der Waals surface area contributed by atoms with Gasteiger partial charge >= 0.3 is 0 Å². The number of carboxylic acid groups (broad SMARTS) is 1. The first-order valence-electron chi connectivity index (χ1n) is 6.15. The molecule has 0 radical (unpaired) electrons. The number of rotatable bonds is 4. The highest BCUT2D eigenvalue weighted by Gasteiger charge is 2.11. The minimum atomic E-state index is -1.37. The summed E-state index contributed by atoms with van der Waals surface area (Å²) in [5, 5.41) is 14.8. The third kappa shape index (κ3) is 3.40. The average Bonchev–Trinajstić information content (AvgIpc) is 2.46. The molecule has 2 aromatic carbocycles. The highest BCUT2D eigenvalue weighted by molar-refractivity contribution is 6.33. The molecule has 0 saturated heterocycles. The van der Waals surface area contributed by atoms with Crippen LogP contribution in [0.25, 0.3) is 0 Å². The molecule has 0 amide bonds. The van der Waals surface area contributed by atoms with E-state index in [2.05, 4.69) is 10.5 Å². The number of carbonyl (C=O) groups excluding carboxylic acids is 1. The SMILES string of the molecule is C/C(=N/Nc1cc(C(=O)[O-])ccc1Cl)c1c(F)cccc1F. The number of aromatic carboxylic acids is 1. The molecule has 1 N–H and O–H groups in total. The van der Waals surface area contributed by atoms with Crippen LogP contribution in [0.15, 0.2) is 41.5 Å². The van der Waals surface area contributed by atoms with E-state index in [9.17, 15) is 18.7 Å². The van der Waals surface area contributed by atoms with E-state index in [0.717, 1.165) is 12.1 Å². The van der Waals surface area contributed by atoms with Crippen LogP contribution in [-0.4, -0.2) is 11.7 Å². The summed E-state index contributed by atoms with van der Waals surface area (Å²) >= 11 is 5.90. The molecule has 0 aromatic heterocycles. The summed E-state index contributed by atoms with van der Waals surface area (Å²) < 4.78 is 27.2. The van der Waals surface area contributed by atoms with Crippen LogP contribution in [0.1, 0.15) is 22.8 Å². The van der Waals surface area contributed by atoms with Gasteiger partial charge in [-0.1, -0.05) is 23.7 Å². The fourth-order valence-electron chi connectivity index (χ4n) is 1.78. The standard InChI is InChI=1S/C15H11ClF2N2O2/c1-8(14-11(17)3-2-4-12(14)18)19-20-13-7-9(15(21)22)5-6-10(13)16/h2-7,20H,1H3,(H,21,22)/p-1/b19-8-. The van der Waals surface area contributed by atoms with Crippen molar-refractivity contribution >= 4 is 29.0 Å². The van der Waals surface area contributed by atoms with Crippen LogP contribution in [-0.2, 0) is 0 Å². The molecule has 0 aliphatic heterocycles. The van der Waals surface area contributed by atoms with Gasteiger partial charge in [0.2, 0.25) is 0 Å². The van der Waals surface area contributed by atoms with Crippen LogP contribution in [0.5, 0.6) is 0 Å². The molecule has 4 nitrogen and oxygen atoms in total. The van der Waals surface area contributed by atoms with Gasteiger partial charge in [-0.05, 0) is 36.8 Å². The number of nitrogens with zero attached hydrogens (tertiary/aromatic N) is 1. The Kier molecular flexibility index (Phi) is 4.72. The molecule has 0 bridgehead atoms. The third-order valence-electron chi connectivity index (χ3n) is 2.87. The normalized spacial score (nSPS) is 11.4. The quantitative estimate of drug-likeness (QED) is 0.695. The van der Waals surface area contributed by atoms with Gasteiger partial charge in [-0.2, -0.15) is 5.10 Å². The van der Waals surface area contributed by atoms with E-state index in [1.165, 1.54) is 31.2 Å². The Morgan fingerprint density at radius 3 is 2.45 bits per heavy atom. The van der Waals surface area contributed by atoms with Gasteiger partial charge in [0.05, 0.1) is 28.0 Å². The van der Waals surface area contributed by atoms with Gasteiger partial charge in [0, 0.05) is 0 Å². The molecule has 114 valence electrons. The first-order valence-corrected chi connectivity index (χ1v) is 6.53. The Morgan fingerprint density at radius 1 is 1.23 bits per heavy atom. The molecular weight excluding hydrogens is 314 g/mol. The predicted molar refractivity (Wildman–Crippen MR) is 78.0 cm³/mol. The molecule has 0 unspecified atom stereocenters. The van der Waals surface area contributed by atoms with E-state index in [-0.39, 0.29) is 27.5 Å². The van der Waals surface area contributed by atoms with Crippen molar-refractivity contribution in [2.24, 2.45) is 5.10 Å². The molecule has 0 saturated carbocycles. The van der Waals surface area contributed by atoms with Crippen LogP contribution < -0.4 is 10.5 Å². The summed E-state index contributed by atoms with van der Waals surface area (Å²) in [6, 6.07) is 7.31. The average molecular weight is 324 g/mol. The second-order valence-corrected chi connectivity index (χ2v) is 4.79. The Morgan fingerprint density at radius 2 is 1.86 bits per heavy atom. The number of hydrogen-bond donors (Lipinski definition) is 1. The molecule has 0 aliphatic rings. The maximum atomic E-state index is 13.6. The lowest BCUT2D eigenvalue weighted by Gasteiger charge is -2.09. The number of nitrogens with one attached hydrogen (secondary N) is 1. The monoisotopic (exact) mass is 323 g/mol. The van der Waals surface area contributed by atoms with Crippen LogP contribution in [0.4, 0.5) is 14.5 Å². The Bertz CT molecular complexity index is 743. The van der Waals surface area contributed by atoms with E-state index in [1.807, 2.05) is 0 Å². The second-order valence-electron chi connectivity index (χ2n) is 4.39. The van der Waals surface area contributed by atoms with Crippen molar-refractivity contribution in [3.05, 3.63) is 64.2 Å². The lowest BCUT2D eigenvalue weighted by Crippen LogP contribution is -2.22. The zero-order valence-electron chi connectivity index (χ0n) is 11.4. The van der Waals surface area contributed by atoms with Crippen molar-refractivity contribution in [1.29, 1.82) is 0 Å². The highest BCUT2D eigenvalue weighted by Crippen LogP contribution is 2.23. The van der Waals surface area contributed by atoms with Gasteiger partial charge in [0.15, 0.2) is 0 Å². The van der Waals surface area contributed by atoms with Gasteiger partial charge in [0.1, 0.15) is 11.6 Å². The number of carboxylic acids is 1. The molecule has 2 aromatic rings. The first-order chi connectivity index (χ1) is 10.4. The van der Waals surface area contributed by atoms with Gasteiger partial charge in [-0.15, -0.1) is 0 Å². The number of anilines is 1. The van der Waals surface area contributed by atoms with Gasteiger partial charge in [0.25, 0.3) is 0 Å². The zero-order chi connectivity index (χ0) is 16.3. The Balaban J connectivity index is 2.32. The van der Waals surface area contributed by atoms with E-state index in [4.69, 9.17) is 11.6 Å². The lowest BCUT2D eigenvalue weighted by atomic mass is 10.1. The fourth-order valence-corrected chi connectivity index (χ4v) is 1.94. The Labute approximate surface area is 130 Å². The predicted octanol–water partition coefficient (Wildman–Crippen LogP) is 2.82. The van der Waals surface area contributed by atoms with Crippen molar-refractivity contribution < 1.29 is 18.7 Å². The van der Waals surface area contributed by atoms with Crippen molar-refractivity contribution in [3.8, 4) is 0 Å². The summed E-state index contributed by atoms with van der Waals surface area (Å²) in [5.41, 5.74) is 2.34. The van der Waals surface area contributed by atoms with Crippen LogP contribution in [0, 0.1) is 11.6 Å². The number of hydrazone groups is 1. The molecule has 7 heteroatoms. The zero-order valence-corrected chi connectivity index (χ0v) is 12.1. The maximum absolute atomic E-state index is 13.6. The second kappa shape index (κ2) is 6.53. The minimum Gasteiger partial charge on any atom is -0.545 e. The largest absolute Gasteiger partial charge is 0.545 e. The topological polar surface area (TPSA) is 64.5 Å². The van der Waals surface area contributed by atoms with Crippen molar-refractivity contribution in [2.75, 3.05) is 5.43 Å². The minimum absolute atomic E-state index is 0.0468. The summed E-state index contributed by atoms with van der Waals surface area (Å²) in [4.78, 5) is 10.8. The van der Waals surface area contributed by atoms with Crippen molar-refractivity contribution in [3.63, 3.8) is 0 Å². The van der Waals surface area contributed by atoms with E-state index < -0.39 is 17.6 Å². The highest BCUT2D eigenvalue weighted by atomic mass is 35.5.